The summed E-state index contributed by atoms with van der Waals surface area (Å²) in [6, 6.07) is 6.59. The van der Waals surface area contributed by atoms with E-state index in [0.717, 1.165) is 5.56 Å². The zero-order valence-electron chi connectivity index (χ0n) is 9.38. The highest BCUT2D eigenvalue weighted by molar-refractivity contribution is 8.18. The van der Waals surface area contributed by atoms with Crippen LogP contribution >= 0.6 is 11.8 Å². The molecule has 1 aromatic carbocycles. The number of nitrogens with one attached hydrogen (secondary N) is 1. The van der Waals surface area contributed by atoms with Gasteiger partial charge in [0.15, 0.2) is 5.17 Å². The lowest BCUT2D eigenvalue weighted by Gasteiger charge is -1.95. The van der Waals surface area contributed by atoms with Crippen molar-refractivity contribution in [1.82, 2.24) is 5.32 Å². The number of thioether (sulfide) groups is 1. The number of amides is 1. The van der Waals surface area contributed by atoms with Crippen LogP contribution in [0.5, 0.6) is 5.75 Å². The molecule has 1 saturated heterocycles. The van der Waals surface area contributed by atoms with Crippen LogP contribution in [0.2, 0.25) is 0 Å². The third-order valence-corrected chi connectivity index (χ3v) is 3.10. The van der Waals surface area contributed by atoms with Gasteiger partial charge < -0.3 is 10.4 Å². The summed E-state index contributed by atoms with van der Waals surface area (Å²) in [5.41, 5.74) is 0.837. The number of aliphatic imine (C=N–C) groups is 1. The summed E-state index contributed by atoms with van der Waals surface area (Å²) in [6.07, 6.45) is 6.83. The maximum Gasteiger partial charge on any atom is 0.264 e. The lowest BCUT2D eigenvalue weighted by Crippen LogP contribution is -2.19. The van der Waals surface area contributed by atoms with E-state index >= 15 is 0 Å². The molecule has 1 amide bonds. The number of carbonyl (C=O) groups is 1. The highest BCUT2D eigenvalue weighted by atomic mass is 32.2. The van der Waals surface area contributed by atoms with Crippen LogP contribution in [0.25, 0.3) is 6.08 Å². The molecule has 18 heavy (non-hydrogen) atoms. The summed E-state index contributed by atoms with van der Waals surface area (Å²) in [7, 11) is 0. The van der Waals surface area contributed by atoms with Gasteiger partial charge in [-0.2, -0.15) is 0 Å². The fraction of sp³-hybridized carbons (Fsp3) is 0.0769. The Kier molecular flexibility index (Phi) is 3.70. The number of hydrogen-bond acceptors (Lipinski definition) is 4. The molecule has 1 aliphatic rings. The van der Waals surface area contributed by atoms with E-state index in [4.69, 9.17) is 11.5 Å². The van der Waals surface area contributed by atoms with Gasteiger partial charge in [-0.15, -0.1) is 6.42 Å². The van der Waals surface area contributed by atoms with E-state index < -0.39 is 0 Å². The number of rotatable bonds is 2. The van der Waals surface area contributed by atoms with Crippen molar-refractivity contribution in [3.63, 3.8) is 0 Å². The van der Waals surface area contributed by atoms with E-state index in [1.165, 1.54) is 11.8 Å². The zero-order chi connectivity index (χ0) is 13.0. The first kappa shape index (κ1) is 12.3. The molecule has 0 radical (unpaired) electrons. The summed E-state index contributed by atoms with van der Waals surface area (Å²) in [4.78, 5) is 16.2. The quantitative estimate of drug-likeness (QED) is 0.625. The molecule has 0 saturated carbocycles. The van der Waals surface area contributed by atoms with Crippen molar-refractivity contribution < 1.29 is 9.90 Å². The standard InChI is InChI=1S/C13H10N2O2S/c1-2-7-14-13-15-12(17)11(18-13)8-9-3-5-10(16)6-4-9/h1,3-6,8,16H,7H2,(H,14,15,17)/b11-8-. The molecule has 0 bridgehead atoms. The number of aromatic hydroxyl groups is 1. The van der Waals surface area contributed by atoms with E-state index in [0.29, 0.717) is 10.1 Å². The molecule has 0 atom stereocenters. The van der Waals surface area contributed by atoms with Gasteiger partial charge in [0.2, 0.25) is 0 Å². The summed E-state index contributed by atoms with van der Waals surface area (Å²) in [5, 5.41) is 12.3. The van der Waals surface area contributed by atoms with Crippen molar-refractivity contribution in [3.8, 4) is 18.1 Å². The van der Waals surface area contributed by atoms with Crippen molar-refractivity contribution in [1.29, 1.82) is 0 Å². The smallest absolute Gasteiger partial charge is 0.264 e. The van der Waals surface area contributed by atoms with Crippen LogP contribution in [0.4, 0.5) is 0 Å². The number of phenolic OH excluding ortho intramolecular Hbond substituents is 1. The average molecular weight is 258 g/mol. The number of amidine groups is 1. The fourth-order valence-electron chi connectivity index (χ4n) is 1.34. The predicted octanol–water partition coefficient (Wildman–Crippen LogP) is 1.59. The number of phenols is 1. The van der Waals surface area contributed by atoms with Crippen molar-refractivity contribution in [2.75, 3.05) is 6.54 Å². The van der Waals surface area contributed by atoms with Crippen LogP contribution in [0.15, 0.2) is 34.2 Å². The van der Waals surface area contributed by atoms with Crippen LogP contribution in [0.1, 0.15) is 5.56 Å². The van der Waals surface area contributed by atoms with Crippen molar-refractivity contribution in [3.05, 3.63) is 34.7 Å². The van der Waals surface area contributed by atoms with E-state index in [9.17, 15) is 4.79 Å². The highest BCUT2D eigenvalue weighted by Crippen LogP contribution is 2.26. The third-order valence-electron chi connectivity index (χ3n) is 2.16. The Balaban J connectivity index is 2.17. The Labute approximate surface area is 109 Å². The van der Waals surface area contributed by atoms with Gasteiger partial charge in [-0.25, -0.2) is 4.99 Å². The largest absolute Gasteiger partial charge is 0.508 e. The number of nitrogens with zero attached hydrogens (tertiary/aromatic N) is 1. The maximum atomic E-state index is 11.6. The van der Waals surface area contributed by atoms with Gasteiger partial charge in [0, 0.05) is 0 Å². The van der Waals surface area contributed by atoms with Crippen LogP contribution in [-0.4, -0.2) is 22.7 Å². The summed E-state index contributed by atoms with van der Waals surface area (Å²) >= 11 is 1.25. The van der Waals surface area contributed by atoms with Gasteiger partial charge >= 0.3 is 0 Å². The van der Waals surface area contributed by atoms with Gasteiger partial charge in [0.05, 0.1) is 4.91 Å². The molecule has 0 aromatic heterocycles. The van der Waals surface area contributed by atoms with Gasteiger partial charge in [0.1, 0.15) is 12.3 Å². The molecule has 0 aliphatic carbocycles. The van der Waals surface area contributed by atoms with Gasteiger partial charge in [-0.05, 0) is 35.5 Å². The van der Waals surface area contributed by atoms with Crippen LogP contribution in [-0.2, 0) is 4.79 Å². The minimum Gasteiger partial charge on any atom is -0.508 e. The summed E-state index contributed by atoms with van der Waals surface area (Å²) in [6.45, 7) is 0.245. The molecule has 2 rings (SSSR count). The average Bonchev–Trinajstić information content (AvgIpc) is 2.70. The van der Waals surface area contributed by atoms with Crippen molar-refractivity contribution in [2.45, 2.75) is 0 Å². The van der Waals surface area contributed by atoms with E-state index in [2.05, 4.69) is 16.2 Å². The minimum atomic E-state index is -0.191. The van der Waals surface area contributed by atoms with Crippen LogP contribution in [0, 0.1) is 12.3 Å². The Morgan fingerprint density at radius 1 is 1.44 bits per heavy atom. The normalized spacial score (nSPS) is 18.9. The number of benzene rings is 1. The second-order valence-corrected chi connectivity index (χ2v) is 4.51. The fourth-order valence-corrected chi connectivity index (χ4v) is 2.16. The topological polar surface area (TPSA) is 61.7 Å². The first-order valence-corrected chi connectivity index (χ1v) is 5.98. The molecular formula is C13H10N2O2S. The van der Waals surface area contributed by atoms with E-state index in [1.807, 2.05) is 0 Å². The number of hydrogen-bond donors (Lipinski definition) is 2. The van der Waals surface area contributed by atoms with Crippen molar-refractivity contribution >= 4 is 28.9 Å². The summed E-state index contributed by atoms with van der Waals surface area (Å²) in [5.74, 6) is 2.38. The molecule has 1 fully saturated rings. The Morgan fingerprint density at radius 2 is 2.17 bits per heavy atom. The Hall–Kier alpha value is -2.19. The zero-order valence-corrected chi connectivity index (χ0v) is 10.2. The second kappa shape index (κ2) is 5.43. The van der Waals surface area contributed by atoms with E-state index in [1.54, 1.807) is 30.3 Å². The molecular weight excluding hydrogens is 248 g/mol. The highest BCUT2D eigenvalue weighted by Gasteiger charge is 2.23. The predicted molar refractivity (Wildman–Crippen MR) is 73.0 cm³/mol. The van der Waals surface area contributed by atoms with Crippen molar-refractivity contribution in [2.24, 2.45) is 4.99 Å². The van der Waals surface area contributed by atoms with E-state index in [-0.39, 0.29) is 18.2 Å². The molecule has 1 aromatic rings. The maximum absolute atomic E-state index is 11.6. The lowest BCUT2D eigenvalue weighted by molar-refractivity contribution is -0.115. The Bertz CT molecular complexity index is 568. The van der Waals surface area contributed by atoms with Gasteiger partial charge in [-0.3, -0.25) is 4.79 Å². The summed E-state index contributed by atoms with van der Waals surface area (Å²) < 4.78 is 0. The first-order valence-electron chi connectivity index (χ1n) is 5.17. The molecule has 1 aliphatic heterocycles. The molecule has 0 spiro atoms. The minimum absolute atomic E-state index is 0.191. The first-order chi connectivity index (χ1) is 8.69. The monoisotopic (exact) mass is 258 g/mol. The molecule has 2 N–H and O–H groups in total. The molecule has 1 heterocycles. The molecule has 0 unspecified atom stereocenters. The molecule has 4 nitrogen and oxygen atoms in total. The SMILES string of the molecule is C#CCN=C1NC(=O)/C(=C/c2ccc(O)cc2)S1. The van der Waals surface area contributed by atoms with Gasteiger partial charge in [-0.1, -0.05) is 18.1 Å². The van der Waals surface area contributed by atoms with Gasteiger partial charge in [0.25, 0.3) is 5.91 Å². The van der Waals surface area contributed by atoms with Crippen LogP contribution < -0.4 is 5.32 Å². The number of terminal acetylenes is 1. The molecule has 5 heteroatoms. The Morgan fingerprint density at radius 3 is 2.83 bits per heavy atom. The van der Waals surface area contributed by atoms with Crippen LogP contribution in [0.3, 0.4) is 0 Å². The molecule has 90 valence electrons. The third kappa shape index (κ3) is 2.93. The number of carbonyl (C=O) groups excluding carboxylic acids is 1. The second-order valence-electron chi connectivity index (χ2n) is 3.48. The lowest BCUT2D eigenvalue weighted by atomic mass is 10.2.